The Morgan fingerprint density at radius 3 is 0.893 bits per heavy atom. The molecule has 33 heteroatoms. The topological polar surface area (TPSA) is 473 Å². The second-order valence-electron chi connectivity index (χ2n) is 34.5. The number of nitrogens with zero attached hydrogens (tertiary/aromatic N) is 10. The van der Waals surface area contributed by atoms with Crippen molar-refractivity contribution >= 4 is 108 Å². The maximum Gasteiger partial charge on any atom is 0.337 e. The first kappa shape index (κ1) is 95.7. The van der Waals surface area contributed by atoms with Gasteiger partial charge in [0.15, 0.2) is 0 Å². The predicted octanol–water partition coefficient (Wildman–Crippen LogP) is 27.0. The summed E-state index contributed by atoms with van der Waals surface area (Å²) in [6, 6.07) is 91.5. The third-order valence-electron chi connectivity index (χ3n) is 25.4. The summed E-state index contributed by atoms with van der Waals surface area (Å²) in [5.41, 5.74) is 24.5. The van der Waals surface area contributed by atoms with Gasteiger partial charge in [-0.1, -0.05) is 205 Å². The number of pyridine rings is 5. The maximum atomic E-state index is 14.8. The first-order valence-electron chi connectivity index (χ1n) is 46.8. The Kier molecular flexibility index (Phi) is 26.5. The summed E-state index contributed by atoms with van der Waals surface area (Å²) >= 11 is 13.0. The van der Waals surface area contributed by atoms with Crippen LogP contribution in [0.2, 0.25) is 10.0 Å². The molecule has 0 unspecified atom stereocenters. The monoisotopic (exact) mass is 2010 g/mol. The SMILES string of the molecule is Cc1c(C(=O)O)cccc1-c1[nH]c(-c2ccccc2)nc1-c1ccnc2[nH]ccc12.Cc1ccc(C(=O)O)cc1-c1nc(-c2ccccc2)[nH]c1-c1ccnc2[nH]ccc12.O=C(O)c1ccc(Cl)c(-c2nc(-c3ccccc3)[nH]c2-c2ccnc3[nH]ccc23)c1.O=C(O)c1ccc(F)c(-c2nc(-c3ccccc3)[nH]c2-c2ccnc3[nH]ccc23)c1.O=C(O)c1cccc(-c2[nH]c(-c3ccccc3)nc2-c2ccnc3[nH]ccc23)c1Cl. The predicted molar refractivity (Wildman–Crippen MR) is 577 cm³/mol. The van der Waals surface area contributed by atoms with E-state index in [0.29, 0.717) is 79.0 Å². The fraction of sp³-hybridized carbons (Fsp3) is 0.0171. The Labute approximate surface area is 859 Å². The van der Waals surface area contributed by atoms with Gasteiger partial charge >= 0.3 is 29.8 Å². The van der Waals surface area contributed by atoms with E-state index < -0.39 is 35.7 Å². The van der Waals surface area contributed by atoms with Crippen LogP contribution in [0.1, 0.15) is 62.9 Å². The first-order chi connectivity index (χ1) is 73.1. The molecule has 25 rings (SSSR count). The van der Waals surface area contributed by atoms with Crippen LogP contribution in [0.4, 0.5) is 4.39 Å². The number of aromatic nitrogens is 20. The molecule has 15 N–H and O–H groups in total. The van der Waals surface area contributed by atoms with Crippen molar-refractivity contribution in [3.05, 3.63) is 420 Å². The summed E-state index contributed by atoms with van der Waals surface area (Å²) in [6.45, 7) is 3.78. The van der Waals surface area contributed by atoms with Gasteiger partial charge in [-0.2, -0.15) is 0 Å². The van der Waals surface area contributed by atoms with Crippen molar-refractivity contribution in [1.29, 1.82) is 0 Å². The van der Waals surface area contributed by atoms with E-state index in [1.807, 2.05) is 263 Å². The quantitative estimate of drug-likeness (QED) is 0.0337. The molecule has 0 aliphatic rings. The molecule has 0 radical (unpaired) electrons. The highest BCUT2D eigenvalue weighted by atomic mass is 35.5. The molecular formula is C117H81Cl2FN20O10. The van der Waals surface area contributed by atoms with E-state index in [0.717, 1.165) is 162 Å². The Hall–Kier alpha value is -20.4. The molecule has 0 atom stereocenters. The standard InChI is InChI=1S/2C24H18N4O2.2C23H15ClN4O2.C23H15FN4O2/c1-14-16(8-5-9-17(14)24(29)30)20-21(18-10-12-25-23-19(18)11-13-26-23)28-22(27-20)15-6-3-2-4-7-15;1-14-7-8-16(24(29)30)13-19(14)21-20(17-9-11-25-23-18(17)10-12-26-23)27-22(28-21)15-5-3-2-4-6-15;24-18-16(7-4-8-17(18)23(29)30)20-19(14-9-11-25-22-15(14)10-12-26-22)27-21(28-20)13-5-2-1-3-6-13;2*24-18-7-6-14(23(29)30)12-17(18)20-19(15-8-10-25-22-16(15)9-11-26-22)27-21(28-20)13-4-2-1-3-5-13/h2*2-13H,1H3,(H,25,26)(H,27,28)(H,29,30);3*1-12H,(H,25,26)(H,27,28)(H,29,30). The maximum absolute atomic E-state index is 14.8. The molecule has 25 aromatic rings. The first-order valence-corrected chi connectivity index (χ1v) is 47.5. The fourth-order valence-corrected chi connectivity index (χ4v) is 18.6. The van der Waals surface area contributed by atoms with E-state index in [2.05, 4.69) is 79.7 Å². The molecule has 0 bridgehead atoms. The zero-order valence-electron chi connectivity index (χ0n) is 79.0. The van der Waals surface area contributed by atoms with Crippen LogP contribution in [0.3, 0.4) is 0 Å². The smallest absolute Gasteiger partial charge is 0.337 e. The number of fused-ring (bicyclic) bond motifs is 5. The van der Waals surface area contributed by atoms with Crippen molar-refractivity contribution in [3.63, 3.8) is 0 Å². The number of benzene rings is 10. The summed E-state index contributed by atoms with van der Waals surface area (Å²) in [6.07, 6.45) is 17.7. The average Bonchev–Trinajstić information content (AvgIpc) is 1.64. The van der Waals surface area contributed by atoms with Gasteiger partial charge in [-0.3, -0.25) is 0 Å². The lowest BCUT2D eigenvalue weighted by atomic mass is 9.97. The van der Waals surface area contributed by atoms with Gasteiger partial charge in [0.2, 0.25) is 0 Å². The molecule has 30 nitrogen and oxygen atoms in total. The second kappa shape index (κ2) is 41.5. The number of aromatic carboxylic acids is 5. The van der Waals surface area contributed by atoms with Gasteiger partial charge in [0.1, 0.15) is 63.2 Å². The molecule has 0 fully saturated rings. The number of aryl methyl sites for hydroxylation is 1. The third kappa shape index (κ3) is 19.2. The molecule has 0 saturated carbocycles. The average molecular weight is 2020 g/mol. The van der Waals surface area contributed by atoms with Gasteiger partial charge < -0.3 is 75.4 Å². The number of aromatic amines is 10. The molecule has 730 valence electrons. The van der Waals surface area contributed by atoms with Gasteiger partial charge in [0.05, 0.1) is 94.8 Å². The zero-order valence-corrected chi connectivity index (χ0v) is 80.5. The van der Waals surface area contributed by atoms with Gasteiger partial charge in [-0.25, -0.2) is 78.2 Å². The third-order valence-corrected chi connectivity index (χ3v) is 26.1. The number of carboxylic acid groups (broad SMARTS) is 5. The van der Waals surface area contributed by atoms with Crippen LogP contribution in [0.5, 0.6) is 0 Å². The van der Waals surface area contributed by atoms with Crippen molar-refractivity contribution in [1.82, 2.24) is 99.7 Å². The number of carboxylic acids is 5. The Bertz CT molecular complexity index is 8340. The molecule has 0 spiro atoms. The van der Waals surface area contributed by atoms with Gasteiger partial charge in [0.25, 0.3) is 0 Å². The second-order valence-corrected chi connectivity index (χ2v) is 35.2. The number of carbonyl (C=O) groups is 5. The zero-order chi connectivity index (χ0) is 103. The Balaban J connectivity index is 0.000000109. The van der Waals surface area contributed by atoms with E-state index in [1.54, 1.807) is 85.7 Å². The van der Waals surface area contributed by atoms with Gasteiger partial charge in [-0.15, -0.1) is 0 Å². The van der Waals surface area contributed by atoms with E-state index >= 15 is 0 Å². The number of imidazole rings is 5. The summed E-state index contributed by atoms with van der Waals surface area (Å²) in [7, 11) is 0. The van der Waals surface area contributed by atoms with Crippen molar-refractivity contribution < 1.29 is 53.9 Å². The van der Waals surface area contributed by atoms with Crippen molar-refractivity contribution in [2.45, 2.75) is 13.8 Å². The summed E-state index contributed by atoms with van der Waals surface area (Å²) in [5.74, 6) is -2.36. The van der Waals surface area contributed by atoms with E-state index in [-0.39, 0.29) is 38.4 Å². The highest BCUT2D eigenvalue weighted by molar-refractivity contribution is 6.36. The minimum atomic E-state index is -1.13. The summed E-state index contributed by atoms with van der Waals surface area (Å²) in [5, 5.41) is 52.6. The van der Waals surface area contributed by atoms with Crippen LogP contribution in [0, 0.1) is 19.7 Å². The molecule has 150 heavy (non-hydrogen) atoms. The number of halogens is 3. The summed E-state index contributed by atoms with van der Waals surface area (Å²) < 4.78 is 14.8. The van der Waals surface area contributed by atoms with E-state index in [9.17, 15) is 53.9 Å². The van der Waals surface area contributed by atoms with Crippen LogP contribution < -0.4 is 0 Å². The molecule has 15 heterocycles. The van der Waals surface area contributed by atoms with Crippen LogP contribution in [0.15, 0.2) is 365 Å². The normalized spacial score (nSPS) is 11.1. The van der Waals surface area contributed by atoms with Crippen LogP contribution in [0.25, 0.3) is 225 Å². The van der Waals surface area contributed by atoms with Crippen molar-refractivity contribution in [2.24, 2.45) is 0 Å². The minimum Gasteiger partial charge on any atom is -0.478 e. The largest absolute Gasteiger partial charge is 0.478 e. The molecule has 0 saturated heterocycles. The lowest BCUT2D eigenvalue weighted by Gasteiger charge is -2.09. The van der Waals surface area contributed by atoms with Crippen molar-refractivity contribution in [3.8, 4) is 170 Å². The fourth-order valence-electron chi connectivity index (χ4n) is 18.1. The Morgan fingerprint density at radius 1 is 0.260 bits per heavy atom. The number of hydrogen-bond acceptors (Lipinski definition) is 15. The molecule has 0 aliphatic heterocycles. The minimum absolute atomic E-state index is 0.0110. The van der Waals surface area contributed by atoms with E-state index in [1.165, 1.54) is 24.3 Å². The van der Waals surface area contributed by atoms with E-state index in [4.69, 9.17) is 43.1 Å². The molecule has 0 aliphatic carbocycles. The molecule has 15 aromatic heterocycles. The number of hydrogen-bond donors (Lipinski definition) is 15. The molecule has 0 amide bonds. The van der Waals surface area contributed by atoms with Crippen LogP contribution in [-0.4, -0.2) is 155 Å². The number of H-pyrrole nitrogens is 10. The van der Waals surface area contributed by atoms with Crippen LogP contribution >= 0.6 is 23.2 Å². The highest BCUT2D eigenvalue weighted by Gasteiger charge is 2.30. The lowest BCUT2D eigenvalue weighted by Crippen LogP contribution is -2.01. The van der Waals surface area contributed by atoms with Gasteiger partial charge in [0, 0.05) is 172 Å². The number of nitrogens with one attached hydrogen (secondary N) is 10. The van der Waals surface area contributed by atoms with Gasteiger partial charge in [-0.05, 0) is 146 Å². The van der Waals surface area contributed by atoms with Crippen LogP contribution in [-0.2, 0) is 0 Å². The summed E-state index contributed by atoms with van der Waals surface area (Å²) in [4.78, 5) is 136. The molecule has 10 aromatic carbocycles. The van der Waals surface area contributed by atoms with Crippen molar-refractivity contribution in [2.75, 3.05) is 0 Å². The number of rotatable bonds is 20. The highest BCUT2D eigenvalue weighted by Crippen LogP contribution is 2.46. The Morgan fingerprint density at radius 2 is 0.540 bits per heavy atom. The molecular weight excluding hydrogens is 1940 g/mol. The lowest BCUT2D eigenvalue weighted by molar-refractivity contribution is 0.0685.